The van der Waals surface area contributed by atoms with E-state index in [0.29, 0.717) is 11.3 Å². The van der Waals surface area contributed by atoms with Gasteiger partial charge in [0.15, 0.2) is 0 Å². The second kappa shape index (κ2) is 19.9. The van der Waals surface area contributed by atoms with Crippen LogP contribution < -0.4 is 37.8 Å². The third-order valence-electron chi connectivity index (χ3n) is 11.5. The number of aromatic nitrogens is 3. The van der Waals surface area contributed by atoms with Gasteiger partial charge in [-0.05, 0) is 80.5 Å². The van der Waals surface area contributed by atoms with Crippen LogP contribution in [0.1, 0.15) is 56.5 Å². The number of hydrogen-bond donors (Lipinski definition) is 10. The number of aromatic hydroxyl groups is 1. The Morgan fingerprint density at radius 1 is 1.03 bits per heavy atom. The summed E-state index contributed by atoms with van der Waals surface area (Å²) in [6.45, 7) is 5.35. The zero-order valence-corrected chi connectivity index (χ0v) is 36.7. The van der Waals surface area contributed by atoms with E-state index in [1.54, 1.807) is 37.6 Å². The van der Waals surface area contributed by atoms with Crippen LogP contribution in [0.5, 0.6) is 5.75 Å². The van der Waals surface area contributed by atoms with Crippen LogP contribution in [0.2, 0.25) is 0 Å². The number of thioether (sulfide) groups is 1. The number of carboxylic acid groups (broad SMARTS) is 1. The first-order valence-electron chi connectivity index (χ1n) is 20.5. The van der Waals surface area contributed by atoms with Crippen LogP contribution in [-0.2, 0) is 42.3 Å². The summed E-state index contributed by atoms with van der Waals surface area (Å²) in [6.07, 6.45) is 3.38. The number of ether oxygens (including phenoxy) is 1. The van der Waals surface area contributed by atoms with Crippen molar-refractivity contribution in [3.63, 3.8) is 0 Å². The number of nitrogens with one attached hydrogen (secondary N) is 7. The first-order chi connectivity index (χ1) is 30.4. The van der Waals surface area contributed by atoms with Crippen molar-refractivity contribution in [1.29, 1.82) is 0 Å². The van der Waals surface area contributed by atoms with E-state index < -0.39 is 89.1 Å². The molecule has 5 unspecified atom stereocenters. The van der Waals surface area contributed by atoms with Gasteiger partial charge in [-0.1, -0.05) is 24.3 Å². The van der Waals surface area contributed by atoms with Crippen molar-refractivity contribution < 1.29 is 44.0 Å². The Labute approximate surface area is 371 Å². The summed E-state index contributed by atoms with van der Waals surface area (Å²) in [5, 5.41) is 45.5. The standard InChI is InChI=1S/C43H53N9O11S/c1-22(51(4)38(58)31-17-23-16-25(53)10-11-28(23)43(2,3)50-31)35(37(57)45-21-26-19-33(54)39(63-26)52-14-12-34(55)48-42(52)62)49-36(56)30(13-15-64-5)46-41(61)47-32(40(59)60)18-24-20-44-29-9-7-6-8-27(24)29/h6-12,14,16,20-22,30-33,35,39,44,50,53-54H,13,15,17-19H2,1-5H3,(H,45,57)(H,49,56)(H,59,60)(H2,46,47,61)(H,48,55,62)/b26-21+/t22?,30?,31?,32?,33-,35?,39-/m1/s1. The van der Waals surface area contributed by atoms with Crippen molar-refractivity contribution in [1.82, 2.24) is 46.0 Å². The molecule has 1 saturated heterocycles. The minimum atomic E-state index is -1.48. The number of aliphatic carboxylic acids is 1. The van der Waals surface area contributed by atoms with Crippen molar-refractivity contribution in [2.75, 3.05) is 19.1 Å². The van der Waals surface area contributed by atoms with E-state index in [9.17, 15) is 48.9 Å². The van der Waals surface area contributed by atoms with Crippen LogP contribution in [0.15, 0.2) is 82.5 Å². The predicted octanol–water partition coefficient (Wildman–Crippen LogP) is 0.859. The molecule has 5 amide bonds. The number of nitrogens with zero attached hydrogens (tertiary/aromatic N) is 2. The normalized spacial score (nSPS) is 20.2. The van der Waals surface area contributed by atoms with Gasteiger partial charge >= 0.3 is 17.7 Å². The zero-order valence-electron chi connectivity index (χ0n) is 35.8. The number of H-pyrrole nitrogens is 2. The number of carboxylic acids is 1. The summed E-state index contributed by atoms with van der Waals surface area (Å²) in [5.41, 5.74) is 0.949. The van der Waals surface area contributed by atoms with Gasteiger partial charge in [-0.3, -0.25) is 34.0 Å². The van der Waals surface area contributed by atoms with Crippen molar-refractivity contribution in [2.24, 2.45) is 0 Å². The van der Waals surface area contributed by atoms with Gasteiger partial charge in [-0.2, -0.15) is 11.8 Å². The van der Waals surface area contributed by atoms with Crippen LogP contribution in [0.4, 0.5) is 4.79 Å². The Balaban J connectivity index is 1.22. The van der Waals surface area contributed by atoms with E-state index in [0.717, 1.165) is 45.1 Å². The number of phenolic OH excluding ortho intramolecular Hbond substituents is 1. The van der Waals surface area contributed by atoms with Gasteiger partial charge in [0, 0.05) is 61.0 Å². The summed E-state index contributed by atoms with van der Waals surface area (Å²) in [6, 6.07) is 6.44. The molecular weight excluding hydrogens is 851 g/mol. The average molecular weight is 904 g/mol. The molecule has 2 aromatic carbocycles. The molecular formula is C43H53N9O11S. The maximum absolute atomic E-state index is 14.3. The molecule has 20 nitrogen and oxygen atoms in total. The summed E-state index contributed by atoms with van der Waals surface area (Å²) in [5.74, 6) is -2.88. The highest BCUT2D eigenvalue weighted by Crippen LogP contribution is 2.33. The highest BCUT2D eigenvalue weighted by atomic mass is 32.2. The van der Waals surface area contributed by atoms with Gasteiger partial charge in [-0.15, -0.1) is 0 Å². The molecule has 342 valence electrons. The highest BCUT2D eigenvalue weighted by molar-refractivity contribution is 7.98. The molecule has 7 atom stereocenters. The third kappa shape index (κ3) is 10.8. The fourth-order valence-electron chi connectivity index (χ4n) is 8.00. The average Bonchev–Trinajstić information content (AvgIpc) is 3.83. The minimum Gasteiger partial charge on any atom is -0.508 e. The number of amides is 5. The molecule has 0 spiro atoms. The number of aliphatic hydroxyl groups excluding tert-OH is 1. The first-order valence-corrected chi connectivity index (χ1v) is 21.9. The Bertz CT molecular complexity index is 2550. The maximum Gasteiger partial charge on any atom is 0.331 e. The lowest BCUT2D eigenvalue weighted by atomic mass is 9.82. The minimum absolute atomic E-state index is 0.0415. The summed E-state index contributed by atoms with van der Waals surface area (Å²) < 4.78 is 6.75. The van der Waals surface area contributed by atoms with Gasteiger partial charge in [0.25, 0.3) is 5.56 Å². The van der Waals surface area contributed by atoms with E-state index >= 15 is 0 Å². The molecule has 6 rings (SSSR count). The molecule has 21 heteroatoms. The molecule has 0 radical (unpaired) electrons. The van der Waals surface area contributed by atoms with Crippen LogP contribution in [0.25, 0.3) is 10.9 Å². The van der Waals surface area contributed by atoms with Gasteiger partial charge in [-0.25, -0.2) is 14.4 Å². The van der Waals surface area contributed by atoms with E-state index in [-0.39, 0.29) is 37.2 Å². The van der Waals surface area contributed by atoms with Crippen molar-refractivity contribution >= 4 is 52.4 Å². The monoisotopic (exact) mass is 903 g/mol. The molecule has 4 aromatic rings. The van der Waals surface area contributed by atoms with Crippen molar-refractivity contribution in [3.8, 4) is 5.75 Å². The van der Waals surface area contributed by atoms with Gasteiger partial charge in [0.2, 0.25) is 23.9 Å². The largest absolute Gasteiger partial charge is 0.508 e. The molecule has 0 bridgehead atoms. The quantitative estimate of drug-likeness (QED) is 0.0748. The number of rotatable bonds is 16. The second-order valence-corrected chi connectivity index (χ2v) is 17.4. The molecule has 64 heavy (non-hydrogen) atoms. The summed E-state index contributed by atoms with van der Waals surface area (Å²) in [4.78, 5) is 98.9. The maximum atomic E-state index is 14.3. The molecule has 2 aliphatic heterocycles. The van der Waals surface area contributed by atoms with E-state index in [2.05, 4.69) is 36.6 Å². The lowest BCUT2D eigenvalue weighted by Crippen LogP contribution is -2.63. The fraction of sp³-hybridized carbons (Fsp3) is 0.419. The molecule has 4 heterocycles. The van der Waals surface area contributed by atoms with Gasteiger partial charge < -0.3 is 51.2 Å². The van der Waals surface area contributed by atoms with Crippen molar-refractivity contribution in [2.45, 2.75) is 94.5 Å². The highest BCUT2D eigenvalue weighted by Gasteiger charge is 2.41. The molecule has 2 aromatic heterocycles. The van der Waals surface area contributed by atoms with E-state index in [1.165, 1.54) is 23.7 Å². The number of urea groups is 1. The number of aromatic amines is 2. The smallest absolute Gasteiger partial charge is 0.331 e. The molecule has 0 saturated carbocycles. The third-order valence-corrected chi connectivity index (χ3v) is 12.1. The first kappa shape index (κ1) is 46.9. The van der Waals surface area contributed by atoms with Crippen LogP contribution in [0, 0.1) is 0 Å². The Morgan fingerprint density at radius 2 is 1.77 bits per heavy atom. The van der Waals surface area contributed by atoms with Crippen LogP contribution in [-0.4, -0.2) is 120 Å². The number of carbonyl (C=O) groups is 5. The number of aliphatic hydroxyl groups is 1. The number of carbonyl (C=O) groups excluding carboxylic acids is 4. The van der Waals surface area contributed by atoms with Crippen molar-refractivity contribution in [3.05, 3.63) is 110 Å². The second-order valence-electron chi connectivity index (χ2n) is 16.4. The summed E-state index contributed by atoms with van der Waals surface area (Å²) in [7, 11) is 1.48. The molecule has 0 aliphatic carbocycles. The number of phenols is 1. The number of para-hydroxylation sites is 1. The van der Waals surface area contributed by atoms with Crippen LogP contribution >= 0.6 is 11.8 Å². The fourth-order valence-corrected chi connectivity index (χ4v) is 8.47. The van der Waals surface area contributed by atoms with Gasteiger partial charge in [0.05, 0.1) is 12.1 Å². The van der Waals surface area contributed by atoms with E-state index in [4.69, 9.17) is 4.74 Å². The molecule has 1 fully saturated rings. The SMILES string of the molecule is CSCCC(NC(=O)NC(Cc1c[nH]c2ccccc12)C(=O)O)C(=O)NC(C(=O)N/C=C1\C[C@@H](O)[C@H](n2ccc(=O)[nH]c2=O)O1)C(C)N(C)C(=O)C1Cc2cc(O)ccc2C(C)(C)N1. The summed E-state index contributed by atoms with van der Waals surface area (Å²) >= 11 is 1.39. The lowest BCUT2D eigenvalue weighted by molar-refractivity contribution is -0.139. The predicted molar refractivity (Wildman–Crippen MR) is 236 cm³/mol. The van der Waals surface area contributed by atoms with Crippen LogP contribution in [0.3, 0.4) is 0 Å². The zero-order chi connectivity index (χ0) is 46.5. The molecule has 2 aliphatic rings. The number of likely N-dealkylation sites (N-methyl/N-ethyl adjacent to an activating group) is 1. The number of benzene rings is 2. The van der Waals surface area contributed by atoms with E-state index in [1.807, 2.05) is 38.1 Å². The number of fused-ring (bicyclic) bond motifs is 2. The Hall–Kier alpha value is -6.58. The Kier molecular flexibility index (Phi) is 14.6. The molecule has 10 N–H and O–H groups in total. The number of hydrogen-bond acceptors (Lipinski definition) is 12. The lowest BCUT2D eigenvalue weighted by Gasteiger charge is -2.41. The van der Waals surface area contributed by atoms with Gasteiger partial charge in [0.1, 0.15) is 35.7 Å². The topological polar surface area (TPSA) is 289 Å². The Morgan fingerprint density at radius 3 is 2.48 bits per heavy atom.